The Balaban J connectivity index is 1.81. The summed E-state index contributed by atoms with van der Waals surface area (Å²) in [6.45, 7) is 8.36. The van der Waals surface area contributed by atoms with Gasteiger partial charge in [0.1, 0.15) is 5.82 Å². The molecule has 1 aliphatic heterocycles. The van der Waals surface area contributed by atoms with E-state index in [2.05, 4.69) is 24.1 Å². The van der Waals surface area contributed by atoms with Gasteiger partial charge in [-0.25, -0.2) is 4.98 Å². The number of hydrogen-bond acceptors (Lipinski definition) is 4. The Morgan fingerprint density at radius 2 is 1.96 bits per heavy atom. The average molecular weight is 370 g/mol. The third-order valence-electron chi connectivity index (χ3n) is 5.44. The van der Waals surface area contributed by atoms with E-state index in [9.17, 15) is 9.59 Å². The molecule has 1 amide bonds. The maximum atomic E-state index is 12.8. The maximum absolute atomic E-state index is 12.8. The van der Waals surface area contributed by atoms with Gasteiger partial charge in [-0.05, 0) is 44.1 Å². The van der Waals surface area contributed by atoms with Crippen LogP contribution in [0.15, 0.2) is 23.0 Å². The van der Waals surface area contributed by atoms with Crippen molar-refractivity contribution in [2.75, 3.05) is 26.2 Å². The van der Waals surface area contributed by atoms with E-state index >= 15 is 0 Å². The van der Waals surface area contributed by atoms with Gasteiger partial charge in [0, 0.05) is 31.6 Å². The van der Waals surface area contributed by atoms with Crippen molar-refractivity contribution in [3.63, 3.8) is 0 Å². The number of benzene rings is 1. The van der Waals surface area contributed by atoms with Crippen LogP contribution in [0.4, 0.5) is 0 Å². The van der Waals surface area contributed by atoms with Gasteiger partial charge in [0.2, 0.25) is 0 Å². The topological polar surface area (TPSA) is 67.2 Å². The molecular formula is C21H30N4O2. The van der Waals surface area contributed by atoms with Crippen molar-refractivity contribution in [1.82, 2.24) is 19.8 Å². The second-order valence-corrected chi connectivity index (χ2v) is 7.16. The zero-order valence-electron chi connectivity index (χ0n) is 16.5. The van der Waals surface area contributed by atoms with Crippen molar-refractivity contribution >= 4 is 16.8 Å². The van der Waals surface area contributed by atoms with Crippen molar-refractivity contribution in [2.24, 2.45) is 0 Å². The minimum atomic E-state index is -0.113. The molecule has 1 N–H and O–H groups in total. The Labute approximate surface area is 160 Å². The molecule has 0 atom stereocenters. The minimum Gasteiger partial charge on any atom is -0.351 e. The molecule has 0 unspecified atom stereocenters. The number of carbonyl (C=O) groups is 1. The quantitative estimate of drug-likeness (QED) is 0.849. The van der Waals surface area contributed by atoms with Crippen molar-refractivity contribution in [2.45, 2.75) is 52.5 Å². The number of nitrogens with one attached hydrogen (secondary N) is 1. The molecule has 1 aromatic heterocycles. The predicted molar refractivity (Wildman–Crippen MR) is 108 cm³/mol. The Hall–Kier alpha value is -2.21. The molecule has 3 rings (SSSR count). The third-order valence-corrected chi connectivity index (χ3v) is 5.44. The summed E-state index contributed by atoms with van der Waals surface area (Å²) in [4.78, 5) is 32.3. The van der Waals surface area contributed by atoms with Gasteiger partial charge in [0.25, 0.3) is 11.5 Å². The highest BCUT2D eigenvalue weighted by atomic mass is 16.1. The first-order chi connectivity index (χ1) is 13.1. The average Bonchev–Trinajstić information content (AvgIpc) is 2.66. The first kappa shape index (κ1) is 19.5. The number of fused-ring (bicyclic) bond motifs is 2. The molecule has 6 nitrogen and oxygen atoms in total. The van der Waals surface area contributed by atoms with E-state index in [1.54, 1.807) is 18.2 Å². The smallest absolute Gasteiger partial charge is 0.261 e. The number of rotatable bonds is 6. The number of nitrogens with zero attached hydrogens (tertiary/aromatic N) is 3. The Morgan fingerprint density at radius 1 is 1.19 bits per heavy atom. The van der Waals surface area contributed by atoms with E-state index in [1.807, 2.05) is 4.57 Å². The first-order valence-corrected chi connectivity index (χ1v) is 10.2. The van der Waals surface area contributed by atoms with Crippen LogP contribution in [0.1, 0.15) is 55.7 Å². The molecule has 2 aromatic rings. The highest BCUT2D eigenvalue weighted by molar-refractivity contribution is 5.97. The second-order valence-electron chi connectivity index (χ2n) is 7.16. The molecular weight excluding hydrogens is 340 g/mol. The molecule has 6 heteroatoms. The summed E-state index contributed by atoms with van der Waals surface area (Å²) in [5, 5.41) is 3.56. The highest BCUT2D eigenvalue weighted by Crippen LogP contribution is 2.16. The minimum absolute atomic E-state index is 0.0189. The molecule has 0 bridgehead atoms. The molecule has 0 saturated carbocycles. The Morgan fingerprint density at radius 3 is 2.74 bits per heavy atom. The molecule has 0 spiro atoms. The lowest BCUT2D eigenvalue weighted by Crippen LogP contribution is -2.34. The highest BCUT2D eigenvalue weighted by Gasteiger charge is 2.15. The van der Waals surface area contributed by atoms with Crippen LogP contribution in [-0.2, 0) is 13.0 Å². The fourth-order valence-electron chi connectivity index (χ4n) is 3.71. The fourth-order valence-corrected chi connectivity index (χ4v) is 3.71. The molecule has 0 saturated heterocycles. The molecule has 2 heterocycles. The summed E-state index contributed by atoms with van der Waals surface area (Å²) in [6, 6.07) is 5.23. The fraction of sp³-hybridized carbons (Fsp3) is 0.571. The second kappa shape index (κ2) is 9.13. The van der Waals surface area contributed by atoms with E-state index in [1.165, 1.54) is 6.42 Å². The van der Waals surface area contributed by atoms with Gasteiger partial charge in [-0.3, -0.25) is 14.2 Å². The van der Waals surface area contributed by atoms with E-state index in [0.717, 1.165) is 57.7 Å². The van der Waals surface area contributed by atoms with Gasteiger partial charge >= 0.3 is 0 Å². The van der Waals surface area contributed by atoms with Gasteiger partial charge in [-0.15, -0.1) is 0 Å². The normalized spacial score (nSPS) is 14.6. The molecule has 27 heavy (non-hydrogen) atoms. The summed E-state index contributed by atoms with van der Waals surface area (Å²) in [5.74, 6) is 0.740. The zero-order chi connectivity index (χ0) is 19.2. The van der Waals surface area contributed by atoms with Crippen molar-refractivity contribution in [1.29, 1.82) is 0 Å². The molecule has 146 valence electrons. The number of carbonyl (C=O) groups excluding carboxylic acids is 1. The van der Waals surface area contributed by atoms with Gasteiger partial charge < -0.3 is 10.2 Å². The lowest BCUT2D eigenvalue weighted by Gasteiger charge is -2.18. The van der Waals surface area contributed by atoms with E-state index in [-0.39, 0.29) is 11.5 Å². The van der Waals surface area contributed by atoms with Gasteiger partial charge in [0.15, 0.2) is 0 Å². The van der Waals surface area contributed by atoms with Gasteiger partial charge in [0.05, 0.1) is 10.9 Å². The first-order valence-electron chi connectivity index (χ1n) is 10.2. The predicted octanol–water partition coefficient (Wildman–Crippen LogP) is 2.58. The summed E-state index contributed by atoms with van der Waals surface area (Å²) in [7, 11) is 0. The third kappa shape index (κ3) is 4.56. The van der Waals surface area contributed by atoms with Gasteiger partial charge in [-0.1, -0.05) is 26.7 Å². The molecule has 0 radical (unpaired) electrons. The van der Waals surface area contributed by atoms with Crippen LogP contribution in [0.5, 0.6) is 0 Å². The molecule has 0 fully saturated rings. The van der Waals surface area contributed by atoms with Crippen molar-refractivity contribution < 1.29 is 4.79 Å². The molecule has 0 aliphatic carbocycles. The monoisotopic (exact) mass is 370 g/mol. The molecule has 1 aromatic carbocycles. The summed E-state index contributed by atoms with van der Waals surface area (Å²) < 4.78 is 1.82. The van der Waals surface area contributed by atoms with Crippen LogP contribution < -0.4 is 10.9 Å². The molecule has 1 aliphatic rings. The lowest BCUT2D eigenvalue weighted by molar-refractivity contribution is 0.0949. The zero-order valence-corrected chi connectivity index (χ0v) is 16.5. The van der Waals surface area contributed by atoms with Crippen LogP contribution in [0.25, 0.3) is 10.9 Å². The van der Waals surface area contributed by atoms with Crippen LogP contribution in [0.2, 0.25) is 0 Å². The van der Waals surface area contributed by atoms with E-state index in [4.69, 9.17) is 4.98 Å². The van der Waals surface area contributed by atoms with Gasteiger partial charge in [-0.2, -0.15) is 0 Å². The summed E-state index contributed by atoms with van der Waals surface area (Å²) in [6.07, 6.45) is 5.25. The van der Waals surface area contributed by atoms with Crippen LogP contribution in [0, 0.1) is 0 Å². The number of aryl methyl sites for hydroxylation is 1. The van der Waals surface area contributed by atoms with Crippen LogP contribution in [0.3, 0.4) is 0 Å². The lowest BCUT2D eigenvalue weighted by atomic mass is 10.1. The number of amides is 1. The number of aromatic nitrogens is 2. The van der Waals surface area contributed by atoms with Crippen molar-refractivity contribution in [3.8, 4) is 0 Å². The largest absolute Gasteiger partial charge is 0.351 e. The van der Waals surface area contributed by atoms with Crippen LogP contribution >= 0.6 is 0 Å². The number of likely N-dealkylation sites (N-methyl/N-ethyl adjacent to an activating group) is 1. The van der Waals surface area contributed by atoms with E-state index in [0.29, 0.717) is 23.0 Å². The summed E-state index contributed by atoms with van der Waals surface area (Å²) in [5.41, 5.74) is 1.21. The number of hydrogen-bond donors (Lipinski definition) is 1. The van der Waals surface area contributed by atoms with Crippen LogP contribution in [-0.4, -0.2) is 46.5 Å². The standard InChI is InChI=1S/C21H30N4O2/c1-3-24(4-2)14-12-22-20(26)16-10-11-17-18(15-16)23-19-9-7-5-6-8-13-25(19)21(17)27/h10-11,15H,3-9,12-14H2,1-2H3,(H,22,26). The summed E-state index contributed by atoms with van der Waals surface area (Å²) >= 11 is 0. The SMILES string of the molecule is CCN(CC)CCNC(=O)c1ccc2c(=O)n3c(nc2c1)CCCCCC3. The van der Waals surface area contributed by atoms with Crippen molar-refractivity contribution in [3.05, 3.63) is 39.9 Å². The maximum Gasteiger partial charge on any atom is 0.261 e. The Kier molecular flexibility index (Phi) is 6.61. The Bertz CT molecular complexity index is 855. The van der Waals surface area contributed by atoms with E-state index < -0.39 is 0 Å².